The van der Waals surface area contributed by atoms with E-state index >= 15 is 0 Å². The maximum atomic E-state index is 11.7. The number of carbonyl (C=O) groups excluding carboxylic acids is 1. The second kappa shape index (κ2) is 6.88. The third kappa shape index (κ3) is 4.57. The molecule has 1 aromatic rings. The van der Waals surface area contributed by atoms with E-state index in [1.165, 1.54) is 6.07 Å². The summed E-state index contributed by atoms with van der Waals surface area (Å²) in [6, 6.07) is 1.34. The van der Waals surface area contributed by atoms with Crippen molar-refractivity contribution in [1.82, 2.24) is 15.5 Å². The molecule has 94 valence electrons. The van der Waals surface area contributed by atoms with Crippen LogP contribution < -0.4 is 5.32 Å². The molecule has 1 N–H and O–H groups in total. The van der Waals surface area contributed by atoms with Gasteiger partial charge in [-0.1, -0.05) is 30.1 Å². The van der Waals surface area contributed by atoms with Crippen molar-refractivity contribution in [2.45, 2.75) is 6.92 Å². The molecule has 5 nitrogen and oxygen atoms in total. The van der Waals surface area contributed by atoms with Crippen LogP contribution in [0.25, 0.3) is 0 Å². The highest BCUT2D eigenvalue weighted by molar-refractivity contribution is 7.84. The zero-order chi connectivity index (χ0) is 12.8. The van der Waals surface area contributed by atoms with Crippen LogP contribution in [0, 0.1) is 0 Å². The molecule has 0 saturated heterocycles. The number of nitrogens with zero attached hydrogens (tertiary/aromatic N) is 2. The van der Waals surface area contributed by atoms with Crippen molar-refractivity contribution in [3.05, 3.63) is 21.9 Å². The van der Waals surface area contributed by atoms with Crippen molar-refractivity contribution in [2.75, 3.05) is 18.1 Å². The van der Waals surface area contributed by atoms with Crippen molar-refractivity contribution < 1.29 is 9.00 Å². The van der Waals surface area contributed by atoms with Gasteiger partial charge in [-0.15, -0.1) is 10.2 Å². The van der Waals surface area contributed by atoms with Gasteiger partial charge in [0.15, 0.2) is 10.3 Å². The zero-order valence-electron chi connectivity index (χ0n) is 9.07. The molecule has 1 aromatic heterocycles. The third-order valence-electron chi connectivity index (χ3n) is 1.90. The molecule has 0 aliphatic heterocycles. The quantitative estimate of drug-likeness (QED) is 0.888. The lowest BCUT2D eigenvalue weighted by Gasteiger charge is -2.05. The molecule has 0 aromatic carbocycles. The zero-order valence-corrected chi connectivity index (χ0v) is 11.4. The fourth-order valence-corrected chi connectivity index (χ4v) is 1.97. The maximum Gasteiger partial charge on any atom is 0.254 e. The number of hydrogen-bond acceptors (Lipinski definition) is 4. The highest BCUT2D eigenvalue weighted by atomic mass is 35.5. The summed E-state index contributed by atoms with van der Waals surface area (Å²) < 4.78 is 11.1. The van der Waals surface area contributed by atoms with Gasteiger partial charge in [-0.3, -0.25) is 9.00 Å². The van der Waals surface area contributed by atoms with E-state index in [9.17, 15) is 9.00 Å². The van der Waals surface area contributed by atoms with E-state index in [1.54, 1.807) is 0 Å². The van der Waals surface area contributed by atoms with Gasteiger partial charge in [0.1, 0.15) is 0 Å². The van der Waals surface area contributed by atoms with Crippen molar-refractivity contribution in [3.63, 3.8) is 0 Å². The molecule has 0 aliphatic carbocycles. The van der Waals surface area contributed by atoms with Crippen LogP contribution in [-0.4, -0.2) is 38.4 Å². The van der Waals surface area contributed by atoms with E-state index in [-0.39, 0.29) is 15.9 Å². The van der Waals surface area contributed by atoms with Gasteiger partial charge < -0.3 is 5.32 Å². The third-order valence-corrected chi connectivity index (χ3v) is 3.67. The number of aromatic nitrogens is 2. The van der Waals surface area contributed by atoms with E-state index in [0.29, 0.717) is 18.1 Å². The maximum absolute atomic E-state index is 11.7. The predicted molar refractivity (Wildman–Crippen MR) is 67.9 cm³/mol. The molecule has 1 heterocycles. The summed E-state index contributed by atoms with van der Waals surface area (Å²) in [5.41, 5.74) is 0.161. The van der Waals surface area contributed by atoms with Gasteiger partial charge in [0, 0.05) is 28.9 Å². The van der Waals surface area contributed by atoms with E-state index in [0.717, 1.165) is 0 Å². The topological polar surface area (TPSA) is 72.0 Å². The fourth-order valence-electron chi connectivity index (χ4n) is 1.03. The lowest BCUT2D eigenvalue weighted by atomic mass is 10.3. The summed E-state index contributed by atoms with van der Waals surface area (Å²) in [5, 5.41) is 9.69. The van der Waals surface area contributed by atoms with E-state index in [1.807, 2.05) is 6.92 Å². The molecular weight excluding hydrogens is 285 g/mol. The molecule has 1 unspecified atom stereocenters. The van der Waals surface area contributed by atoms with Crippen molar-refractivity contribution in [1.29, 1.82) is 0 Å². The molecule has 1 amide bonds. The molecule has 0 saturated carbocycles. The molecule has 1 atom stereocenters. The summed E-state index contributed by atoms with van der Waals surface area (Å²) >= 11 is 11.3. The molecular formula is C9H11Cl2N3O2S. The Hall–Kier alpha value is -0.720. The second-order valence-electron chi connectivity index (χ2n) is 3.06. The number of rotatable bonds is 5. The molecule has 1 rings (SSSR count). The van der Waals surface area contributed by atoms with Crippen molar-refractivity contribution in [3.8, 4) is 0 Å². The first-order valence-electron chi connectivity index (χ1n) is 4.86. The Morgan fingerprint density at radius 2 is 2.18 bits per heavy atom. The molecule has 0 bridgehead atoms. The normalized spacial score (nSPS) is 12.2. The Bertz CT molecular complexity index is 442. The van der Waals surface area contributed by atoms with Crippen molar-refractivity contribution in [2.24, 2.45) is 0 Å². The van der Waals surface area contributed by atoms with Crippen LogP contribution in [0.5, 0.6) is 0 Å². The standard InChI is InChI=1S/C9H11Cl2N3O2S/c1-2-17(16)4-3-12-9(15)6-5-7(10)13-14-8(6)11/h5H,2-4H2,1H3,(H,12,15). The lowest BCUT2D eigenvalue weighted by Crippen LogP contribution is -2.28. The minimum Gasteiger partial charge on any atom is -0.351 e. The van der Waals surface area contributed by atoms with Crippen LogP contribution in [0.4, 0.5) is 0 Å². The van der Waals surface area contributed by atoms with Gasteiger partial charge in [0.2, 0.25) is 0 Å². The van der Waals surface area contributed by atoms with Gasteiger partial charge in [-0.05, 0) is 6.07 Å². The van der Waals surface area contributed by atoms with Crippen molar-refractivity contribution >= 4 is 39.9 Å². The van der Waals surface area contributed by atoms with Gasteiger partial charge >= 0.3 is 0 Å². The predicted octanol–water partition coefficient (Wildman–Crippen LogP) is 1.28. The van der Waals surface area contributed by atoms with E-state index in [4.69, 9.17) is 23.2 Å². The van der Waals surface area contributed by atoms with Crippen LogP contribution in [0.15, 0.2) is 6.07 Å². The van der Waals surface area contributed by atoms with Crippen LogP contribution in [-0.2, 0) is 10.8 Å². The number of nitrogens with one attached hydrogen (secondary N) is 1. The SMILES string of the molecule is CCS(=O)CCNC(=O)c1cc(Cl)nnc1Cl. The summed E-state index contributed by atoms with van der Waals surface area (Å²) in [6.07, 6.45) is 0. The average Bonchev–Trinajstić information content (AvgIpc) is 2.31. The minimum atomic E-state index is -0.911. The smallest absolute Gasteiger partial charge is 0.254 e. The van der Waals surface area contributed by atoms with E-state index < -0.39 is 16.7 Å². The van der Waals surface area contributed by atoms with Gasteiger partial charge in [0.25, 0.3) is 5.91 Å². The molecule has 0 fully saturated rings. The summed E-state index contributed by atoms with van der Waals surface area (Å²) in [4.78, 5) is 11.7. The summed E-state index contributed by atoms with van der Waals surface area (Å²) in [6.45, 7) is 2.14. The van der Waals surface area contributed by atoms with Gasteiger partial charge in [-0.25, -0.2) is 0 Å². The van der Waals surface area contributed by atoms with Gasteiger partial charge in [-0.2, -0.15) is 0 Å². The number of halogens is 2. The molecule has 0 spiro atoms. The lowest BCUT2D eigenvalue weighted by molar-refractivity contribution is 0.0955. The Kier molecular flexibility index (Phi) is 5.80. The first-order chi connectivity index (χ1) is 8.04. The van der Waals surface area contributed by atoms with Crippen LogP contribution in [0.3, 0.4) is 0 Å². The highest BCUT2D eigenvalue weighted by Crippen LogP contribution is 2.14. The minimum absolute atomic E-state index is 0.0106. The fraction of sp³-hybridized carbons (Fsp3) is 0.444. The van der Waals surface area contributed by atoms with Crippen LogP contribution in [0.1, 0.15) is 17.3 Å². The largest absolute Gasteiger partial charge is 0.351 e. The summed E-state index contributed by atoms with van der Waals surface area (Å²) in [5.74, 6) is 0.575. The first kappa shape index (κ1) is 14.3. The van der Waals surface area contributed by atoms with Crippen LogP contribution in [0.2, 0.25) is 10.3 Å². The Labute approximate surface area is 111 Å². The Morgan fingerprint density at radius 3 is 2.82 bits per heavy atom. The van der Waals surface area contributed by atoms with Crippen LogP contribution >= 0.6 is 23.2 Å². The summed E-state index contributed by atoms with van der Waals surface area (Å²) in [7, 11) is -0.911. The molecule has 8 heteroatoms. The molecule has 17 heavy (non-hydrogen) atoms. The molecule has 0 radical (unpaired) electrons. The van der Waals surface area contributed by atoms with Gasteiger partial charge in [0.05, 0.1) is 5.56 Å². The first-order valence-corrected chi connectivity index (χ1v) is 7.11. The number of carbonyl (C=O) groups is 1. The number of amides is 1. The molecule has 0 aliphatic rings. The second-order valence-corrected chi connectivity index (χ2v) is 5.67. The van der Waals surface area contributed by atoms with E-state index in [2.05, 4.69) is 15.5 Å². The average molecular weight is 296 g/mol. The monoisotopic (exact) mass is 295 g/mol. The Balaban J connectivity index is 2.58. The highest BCUT2D eigenvalue weighted by Gasteiger charge is 2.12. The number of hydrogen-bond donors (Lipinski definition) is 1. The Morgan fingerprint density at radius 1 is 1.47 bits per heavy atom.